The molecule has 0 aromatic carbocycles. The van der Waals surface area contributed by atoms with E-state index in [0.717, 1.165) is 6.42 Å². The van der Waals surface area contributed by atoms with Crippen LogP contribution in [0.2, 0.25) is 0 Å². The molecule has 0 atom stereocenters. The van der Waals surface area contributed by atoms with Crippen LogP contribution < -0.4 is 0 Å². The predicted octanol–water partition coefficient (Wildman–Crippen LogP) is 5.88. The third-order valence-corrected chi connectivity index (χ3v) is 2.13. The Morgan fingerprint density at radius 3 is 1.25 bits per heavy atom. The smallest absolute Gasteiger partial charge is 0.0163 e. The van der Waals surface area contributed by atoms with Gasteiger partial charge in [0, 0.05) is 0 Å². The molecule has 16 heavy (non-hydrogen) atoms. The lowest BCUT2D eigenvalue weighted by atomic mass is 10.4. The van der Waals surface area contributed by atoms with Crippen molar-refractivity contribution in [2.45, 2.75) is 59.3 Å². The van der Waals surface area contributed by atoms with Gasteiger partial charge in [0.1, 0.15) is 0 Å². The lowest BCUT2D eigenvalue weighted by molar-refractivity contribution is 0.886. The van der Waals surface area contributed by atoms with Crippen LogP contribution in [0.3, 0.4) is 0 Å². The zero-order valence-electron chi connectivity index (χ0n) is 11.4. The molecular weight excluding hydrogens is 192 g/mol. The first kappa shape index (κ1) is 17.6. The molecule has 0 bridgehead atoms. The summed E-state index contributed by atoms with van der Waals surface area (Å²) in [6.45, 7) is 9.00. The van der Waals surface area contributed by atoms with Crippen molar-refractivity contribution in [3.05, 3.63) is 43.4 Å². The largest absolute Gasteiger partial charge is 0.346 e. The Morgan fingerprint density at radius 1 is 0.625 bits per heavy atom. The minimum atomic E-state index is 1.08. The number of hydrogen-bond acceptors (Lipinski definition) is 0. The van der Waals surface area contributed by atoms with Crippen LogP contribution in [0, 0.1) is 6.92 Å². The topological polar surface area (TPSA) is 0 Å². The van der Waals surface area contributed by atoms with E-state index in [1.165, 1.54) is 32.1 Å². The van der Waals surface area contributed by atoms with Crippen LogP contribution in [0.15, 0.2) is 36.5 Å². The summed E-state index contributed by atoms with van der Waals surface area (Å²) in [6.07, 6.45) is 21.0. The van der Waals surface area contributed by atoms with Gasteiger partial charge in [-0.25, -0.2) is 0 Å². The fourth-order valence-corrected chi connectivity index (χ4v) is 1.41. The zero-order chi connectivity index (χ0) is 12.5. The lowest BCUT2D eigenvalue weighted by Crippen LogP contribution is -1.48. The molecule has 2 aliphatic rings. The molecule has 94 valence electrons. The van der Waals surface area contributed by atoms with Crippen LogP contribution >= 0.6 is 0 Å². The minimum absolute atomic E-state index is 1.08. The molecular formula is C16H29-. The van der Waals surface area contributed by atoms with Crippen molar-refractivity contribution in [2.75, 3.05) is 0 Å². The quantitative estimate of drug-likeness (QED) is 0.448. The summed E-state index contributed by atoms with van der Waals surface area (Å²) in [4.78, 5) is 0. The highest BCUT2D eigenvalue weighted by Gasteiger charge is 1.95. The average Bonchev–Trinajstić information content (AvgIpc) is 2.83. The SMILES string of the molecule is C1=CC=CCC=C1.C1CCCC1.CC.[CH2-]C. The van der Waals surface area contributed by atoms with Crippen molar-refractivity contribution in [2.24, 2.45) is 0 Å². The maximum Gasteiger partial charge on any atom is -0.0163 e. The van der Waals surface area contributed by atoms with Gasteiger partial charge in [0.05, 0.1) is 0 Å². The van der Waals surface area contributed by atoms with E-state index in [2.05, 4.69) is 31.2 Å². The summed E-state index contributed by atoms with van der Waals surface area (Å²) >= 11 is 0. The van der Waals surface area contributed by atoms with E-state index in [9.17, 15) is 0 Å². The van der Waals surface area contributed by atoms with Crippen LogP contribution in [0.4, 0.5) is 0 Å². The van der Waals surface area contributed by atoms with Gasteiger partial charge in [0.25, 0.3) is 0 Å². The zero-order valence-corrected chi connectivity index (χ0v) is 11.4. The number of allylic oxidation sites excluding steroid dienone is 6. The first-order chi connectivity index (χ1) is 8.00. The van der Waals surface area contributed by atoms with E-state index in [4.69, 9.17) is 0 Å². The molecule has 0 aliphatic heterocycles. The first-order valence-corrected chi connectivity index (χ1v) is 6.69. The minimum Gasteiger partial charge on any atom is -0.346 e. The number of hydrogen-bond donors (Lipinski definition) is 0. The van der Waals surface area contributed by atoms with Crippen molar-refractivity contribution in [3.63, 3.8) is 0 Å². The highest BCUT2D eigenvalue weighted by atomic mass is 14.0. The van der Waals surface area contributed by atoms with Crippen LogP contribution in [-0.4, -0.2) is 0 Å². The predicted molar refractivity (Wildman–Crippen MR) is 77.5 cm³/mol. The van der Waals surface area contributed by atoms with Crippen LogP contribution in [-0.2, 0) is 0 Å². The summed E-state index contributed by atoms with van der Waals surface area (Å²) in [5, 5.41) is 0. The summed E-state index contributed by atoms with van der Waals surface area (Å²) < 4.78 is 0. The molecule has 0 heterocycles. The standard InChI is InChI=1S/C7H8.C5H10.C2H6.C2H5/c1-2-4-6-7-5-3-1;1-2-4-5-3-1;2*1-2/h1-6H,7H2;1-5H2;1-2H3;1H2,2H3/q;;;-1. The van der Waals surface area contributed by atoms with Crippen molar-refractivity contribution in [1.82, 2.24) is 0 Å². The van der Waals surface area contributed by atoms with Gasteiger partial charge in [-0.05, 0) is 6.42 Å². The molecule has 1 saturated carbocycles. The molecule has 0 aromatic rings. The molecule has 0 N–H and O–H groups in total. The Hall–Kier alpha value is -0.780. The summed E-state index contributed by atoms with van der Waals surface area (Å²) in [5.74, 6) is 0. The Kier molecular flexibility index (Phi) is 21.7. The van der Waals surface area contributed by atoms with E-state index in [1.807, 2.05) is 26.0 Å². The van der Waals surface area contributed by atoms with Crippen LogP contribution in [0.1, 0.15) is 59.3 Å². The fraction of sp³-hybridized carbons (Fsp3) is 0.562. The van der Waals surface area contributed by atoms with E-state index >= 15 is 0 Å². The van der Waals surface area contributed by atoms with Crippen molar-refractivity contribution < 1.29 is 0 Å². The molecule has 0 saturated heterocycles. The van der Waals surface area contributed by atoms with Gasteiger partial charge < -0.3 is 6.92 Å². The Balaban J connectivity index is 0. The molecule has 0 spiro atoms. The maximum atomic E-state index is 3.25. The van der Waals surface area contributed by atoms with Crippen molar-refractivity contribution in [3.8, 4) is 0 Å². The molecule has 0 heteroatoms. The van der Waals surface area contributed by atoms with E-state index in [1.54, 1.807) is 6.92 Å². The lowest BCUT2D eigenvalue weighted by Gasteiger charge is -1.69. The van der Waals surface area contributed by atoms with Gasteiger partial charge in [-0.1, -0.05) is 82.4 Å². The molecule has 2 rings (SSSR count). The van der Waals surface area contributed by atoms with Gasteiger partial charge in [-0.3, -0.25) is 0 Å². The Bertz CT molecular complexity index is 147. The molecule has 0 amide bonds. The first-order valence-electron chi connectivity index (χ1n) is 6.69. The molecule has 0 nitrogen and oxygen atoms in total. The monoisotopic (exact) mass is 221 g/mol. The van der Waals surface area contributed by atoms with E-state index in [-0.39, 0.29) is 0 Å². The van der Waals surface area contributed by atoms with Gasteiger partial charge in [0.2, 0.25) is 0 Å². The van der Waals surface area contributed by atoms with Gasteiger partial charge in [-0.2, -0.15) is 6.92 Å². The van der Waals surface area contributed by atoms with Gasteiger partial charge in [-0.15, -0.1) is 0 Å². The second-order valence-electron chi connectivity index (χ2n) is 3.24. The van der Waals surface area contributed by atoms with Crippen LogP contribution in [0.5, 0.6) is 0 Å². The van der Waals surface area contributed by atoms with E-state index < -0.39 is 0 Å². The second-order valence-corrected chi connectivity index (χ2v) is 3.24. The maximum absolute atomic E-state index is 3.25. The summed E-state index contributed by atoms with van der Waals surface area (Å²) in [6, 6.07) is 0. The van der Waals surface area contributed by atoms with E-state index in [0.29, 0.717) is 0 Å². The average molecular weight is 221 g/mol. The highest BCUT2D eigenvalue weighted by Crippen LogP contribution is 2.15. The summed E-state index contributed by atoms with van der Waals surface area (Å²) in [7, 11) is 0. The molecule has 0 aromatic heterocycles. The Morgan fingerprint density at radius 2 is 0.938 bits per heavy atom. The van der Waals surface area contributed by atoms with Gasteiger partial charge >= 0.3 is 0 Å². The highest BCUT2D eigenvalue weighted by molar-refractivity contribution is 5.16. The summed E-state index contributed by atoms with van der Waals surface area (Å²) in [5.41, 5.74) is 0. The van der Waals surface area contributed by atoms with Gasteiger partial charge in [0.15, 0.2) is 0 Å². The third-order valence-electron chi connectivity index (χ3n) is 2.13. The van der Waals surface area contributed by atoms with Crippen LogP contribution in [0.25, 0.3) is 0 Å². The molecule has 0 radical (unpaired) electrons. The fourth-order valence-electron chi connectivity index (χ4n) is 1.41. The second kappa shape index (κ2) is 19.7. The molecule has 1 fully saturated rings. The van der Waals surface area contributed by atoms with Crippen molar-refractivity contribution >= 4 is 0 Å². The molecule has 2 aliphatic carbocycles. The molecule has 0 unspecified atom stereocenters. The normalized spacial score (nSPS) is 15.8. The number of rotatable bonds is 0. The Labute approximate surface area is 103 Å². The van der Waals surface area contributed by atoms with Crippen molar-refractivity contribution in [1.29, 1.82) is 0 Å². The third kappa shape index (κ3) is 15.7.